The number of carbonyl (C=O) groups is 2. The highest BCUT2D eigenvalue weighted by Gasteiger charge is 2.46. The summed E-state index contributed by atoms with van der Waals surface area (Å²) >= 11 is 5.65. The number of carbonyl (C=O) groups excluding carboxylic acids is 1. The van der Waals surface area contributed by atoms with Gasteiger partial charge in [-0.25, -0.2) is 13.6 Å². The number of amides is 1. The number of halogens is 3. The molecule has 0 saturated heterocycles. The van der Waals surface area contributed by atoms with Gasteiger partial charge < -0.3 is 10.4 Å². The first kappa shape index (κ1) is 13.7. The largest absolute Gasteiger partial charge is 0.480 e. The van der Waals surface area contributed by atoms with Crippen molar-refractivity contribution < 1.29 is 23.5 Å². The van der Waals surface area contributed by atoms with Crippen LogP contribution in [0.5, 0.6) is 0 Å². The Labute approximate surface area is 112 Å². The van der Waals surface area contributed by atoms with Crippen LogP contribution in [0.2, 0.25) is 5.02 Å². The normalized spacial score (nSPS) is 16.6. The molecule has 0 aliphatic heterocycles. The molecule has 0 radical (unpaired) electrons. The van der Waals surface area contributed by atoms with Gasteiger partial charge in [0.1, 0.15) is 5.54 Å². The minimum Gasteiger partial charge on any atom is -0.480 e. The zero-order valence-corrected chi connectivity index (χ0v) is 10.4. The second kappa shape index (κ2) is 4.77. The number of hydrogen-bond donors (Lipinski definition) is 2. The lowest BCUT2D eigenvalue weighted by molar-refractivity contribution is -0.148. The summed E-state index contributed by atoms with van der Waals surface area (Å²) in [7, 11) is 0. The van der Waals surface area contributed by atoms with Crippen LogP contribution in [-0.4, -0.2) is 22.5 Å². The third-order valence-corrected chi connectivity index (χ3v) is 3.54. The Kier molecular flexibility index (Phi) is 3.45. The molecule has 2 rings (SSSR count). The fraction of sp³-hybridized carbons (Fsp3) is 0.333. The molecule has 0 bridgehead atoms. The average molecular weight is 290 g/mol. The van der Waals surface area contributed by atoms with Crippen LogP contribution in [0.4, 0.5) is 8.78 Å². The van der Waals surface area contributed by atoms with Gasteiger partial charge in [-0.15, -0.1) is 0 Å². The van der Waals surface area contributed by atoms with E-state index in [9.17, 15) is 18.4 Å². The summed E-state index contributed by atoms with van der Waals surface area (Å²) < 4.78 is 26.0. The van der Waals surface area contributed by atoms with E-state index in [1.54, 1.807) is 0 Å². The minimum atomic E-state index is -1.33. The lowest BCUT2D eigenvalue weighted by Crippen LogP contribution is -2.59. The van der Waals surface area contributed by atoms with Crippen molar-refractivity contribution in [1.82, 2.24) is 5.32 Å². The molecule has 2 N–H and O–H groups in total. The molecule has 1 aromatic carbocycles. The van der Waals surface area contributed by atoms with Gasteiger partial charge in [0.15, 0.2) is 11.6 Å². The molecule has 1 saturated carbocycles. The summed E-state index contributed by atoms with van der Waals surface area (Å²) in [5.74, 6) is -4.36. The van der Waals surface area contributed by atoms with Gasteiger partial charge in [0, 0.05) is 0 Å². The number of aliphatic carboxylic acids is 1. The van der Waals surface area contributed by atoms with E-state index in [0.717, 1.165) is 0 Å². The van der Waals surface area contributed by atoms with Crippen molar-refractivity contribution in [2.75, 3.05) is 0 Å². The van der Waals surface area contributed by atoms with Crippen LogP contribution < -0.4 is 5.32 Å². The molecular weight excluding hydrogens is 280 g/mol. The number of carboxylic acids is 1. The Morgan fingerprint density at radius 1 is 1.26 bits per heavy atom. The summed E-state index contributed by atoms with van der Waals surface area (Å²) in [4.78, 5) is 23.0. The van der Waals surface area contributed by atoms with Crippen molar-refractivity contribution in [3.05, 3.63) is 34.4 Å². The molecule has 0 aromatic heterocycles. The van der Waals surface area contributed by atoms with Crippen LogP contribution in [0, 0.1) is 11.6 Å². The summed E-state index contributed by atoms with van der Waals surface area (Å²) in [6, 6.07) is 1.33. The maximum Gasteiger partial charge on any atom is 0.329 e. The van der Waals surface area contributed by atoms with E-state index >= 15 is 0 Å². The summed E-state index contributed by atoms with van der Waals surface area (Å²) in [5, 5.41) is 11.1. The van der Waals surface area contributed by atoms with Gasteiger partial charge in [-0.05, 0) is 31.4 Å². The van der Waals surface area contributed by atoms with Crippen molar-refractivity contribution in [3.8, 4) is 0 Å². The van der Waals surface area contributed by atoms with Gasteiger partial charge in [-0.3, -0.25) is 4.79 Å². The highest BCUT2D eigenvalue weighted by molar-refractivity contribution is 6.33. The first-order chi connectivity index (χ1) is 8.85. The Bertz CT molecular complexity index is 558. The van der Waals surface area contributed by atoms with E-state index in [-0.39, 0.29) is 10.6 Å². The van der Waals surface area contributed by atoms with Crippen LogP contribution >= 0.6 is 11.6 Å². The van der Waals surface area contributed by atoms with Crippen LogP contribution in [0.1, 0.15) is 29.6 Å². The summed E-state index contributed by atoms with van der Waals surface area (Å²) in [5.41, 5.74) is -1.61. The topological polar surface area (TPSA) is 66.4 Å². The van der Waals surface area contributed by atoms with Crippen LogP contribution in [0.25, 0.3) is 0 Å². The molecule has 102 valence electrons. The Morgan fingerprint density at radius 2 is 1.84 bits per heavy atom. The minimum absolute atomic E-state index is 0.267. The summed E-state index contributed by atoms with van der Waals surface area (Å²) in [6.07, 6.45) is 1.28. The van der Waals surface area contributed by atoms with Crippen molar-refractivity contribution in [1.29, 1.82) is 0 Å². The van der Waals surface area contributed by atoms with Gasteiger partial charge in [0.25, 0.3) is 5.91 Å². The van der Waals surface area contributed by atoms with Crippen LogP contribution in [0.15, 0.2) is 12.1 Å². The van der Waals surface area contributed by atoms with Crippen molar-refractivity contribution in [3.63, 3.8) is 0 Å². The molecule has 0 spiro atoms. The van der Waals surface area contributed by atoms with Crippen molar-refractivity contribution in [2.45, 2.75) is 24.8 Å². The average Bonchev–Trinajstić information content (AvgIpc) is 2.27. The van der Waals surface area contributed by atoms with Crippen LogP contribution in [-0.2, 0) is 4.79 Å². The van der Waals surface area contributed by atoms with E-state index in [0.29, 0.717) is 31.4 Å². The fourth-order valence-electron chi connectivity index (χ4n) is 1.90. The Hall–Kier alpha value is -1.69. The van der Waals surface area contributed by atoms with Gasteiger partial charge in [-0.2, -0.15) is 0 Å². The molecule has 19 heavy (non-hydrogen) atoms. The smallest absolute Gasteiger partial charge is 0.329 e. The third kappa shape index (κ3) is 2.40. The van der Waals surface area contributed by atoms with Gasteiger partial charge >= 0.3 is 5.97 Å². The molecular formula is C12H10ClF2NO3. The maximum atomic E-state index is 13.1. The molecule has 1 aromatic rings. The highest BCUT2D eigenvalue weighted by atomic mass is 35.5. The highest BCUT2D eigenvalue weighted by Crippen LogP contribution is 2.33. The second-order valence-electron chi connectivity index (χ2n) is 4.44. The third-order valence-electron chi connectivity index (χ3n) is 3.22. The predicted molar refractivity (Wildman–Crippen MR) is 63.1 cm³/mol. The molecule has 1 aliphatic carbocycles. The lowest BCUT2D eigenvalue weighted by atomic mass is 9.76. The molecule has 1 amide bonds. The molecule has 1 aliphatic rings. The lowest BCUT2D eigenvalue weighted by Gasteiger charge is -2.38. The van der Waals surface area contributed by atoms with E-state index in [1.165, 1.54) is 0 Å². The number of rotatable bonds is 3. The maximum absolute atomic E-state index is 13.1. The molecule has 4 nitrogen and oxygen atoms in total. The Morgan fingerprint density at radius 3 is 2.32 bits per heavy atom. The monoisotopic (exact) mass is 289 g/mol. The standard InChI is InChI=1S/C12H10ClF2NO3/c13-7-5-9(15)8(14)4-6(7)10(17)16-12(11(18)19)2-1-3-12/h4-5H,1-3H2,(H,16,17)(H,18,19). The van der Waals surface area contributed by atoms with E-state index in [2.05, 4.69) is 5.32 Å². The molecule has 7 heteroatoms. The number of hydrogen-bond acceptors (Lipinski definition) is 2. The van der Waals surface area contributed by atoms with Gasteiger partial charge in [-0.1, -0.05) is 11.6 Å². The van der Waals surface area contributed by atoms with E-state index < -0.39 is 29.0 Å². The first-order valence-corrected chi connectivity index (χ1v) is 5.94. The quantitative estimate of drug-likeness (QED) is 0.840. The van der Waals surface area contributed by atoms with Crippen molar-refractivity contribution in [2.24, 2.45) is 0 Å². The predicted octanol–water partition coefficient (Wildman–Crippen LogP) is 2.36. The number of benzene rings is 1. The second-order valence-corrected chi connectivity index (χ2v) is 4.85. The zero-order chi connectivity index (χ0) is 14.2. The summed E-state index contributed by atoms with van der Waals surface area (Å²) in [6.45, 7) is 0. The molecule has 0 unspecified atom stereocenters. The molecule has 1 fully saturated rings. The number of nitrogens with one attached hydrogen (secondary N) is 1. The number of carboxylic acid groups (broad SMARTS) is 1. The van der Waals surface area contributed by atoms with Gasteiger partial charge in [0.05, 0.1) is 10.6 Å². The van der Waals surface area contributed by atoms with Gasteiger partial charge in [0.2, 0.25) is 0 Å². The van der Waals surface area contributed by atoms with Crippen molar-refractivity contribution >= 4 is 23.5 Å². The first-order valence-electron chi connectivity index (χ1n) is 5.56. The fourth-order valence-corrected chi connectivity index (χ4v) is 2.14. The van der Waals surface area contributed by atoms with E-state index in [4.69, 9.17) is 16.7 Å². The van der Waals surface area contributed by atoms with Crippen LogP contribution in [0.3, 0.4) is 0 Å². The Balaban J connectivity index is 2.25. The zero-order valence-electron chi connectivity index (χ0n) is 9.67. The SMILES string of the molecule is O=C(NC1(C(=O)O)CCC1)c1cc(F)c(F)cc1Cl. The molecule has 0 atom stereocenters. The molecule has 0 heterocycles. The van der Waals surface area contributed by atoms with E-state index in [1.807, 2.05) is 0 Å².